The summed E-state index contributed by atoms with van der Waals surface area (Å²) >= 11 is 0. The van der Waals surface area contributed by atoms with Crippen LogP contribution >= 0.6 is 0 Å². The molecule has 3 N–H and O–H groups in total. The molecule has 0 radical (unpaired) electrons. The standard InChI is InChI=1S/C12H14N4O2/c13-12(17)10-7-15-16-3-1-8(5-11(10)16)14-6-9-2-4-18-9/h1,3,5,7,9,14H,2,4,6H2,(H2,13,17). The number of amides is 1. The molecule has 1 aliphatic heterocycles. The molecular formula is C12H14N4O2. The van der Waals surface area contributed by atoms with Crippen molar-refractivity contribution in [2.45, 2.75) is 12.5 Å². The van der Waals surface area contributed by atoms with E-state index >= 15 is 0 Å². The summed E-state index contributed by atoms with van der Waals surface area (Å²) in [5, 5.41) is 7.34. The zero-order valence-corrected chi connectivity index (χ0v) is 9.80. The molecule has 94 valence electrons. The third-order valence-corrected chi connectivity index (χ3v) is 3.11. The predicted octanol–water partition coefficient (Wildman–Crippen LogP) is 0.634. The fourth-order valence-electron chi connectivity index (χ4n) is 1.96. The SMILES string of the molecule is NC(=O)c1cnn2ccc(NCC3CCO3)cc12. The molecular weight excluding hydrogens is 232 g/mol. The van der Waals surface area contributed by atoms with Crippen molar-refractivity contribution in [1.82, 2.24) is 9.61 Å². The fraction of sp³-hybridized carbons (Fsp3) is 0.333. The minimum Gasteiger partial charge on any atom is -0.382 e. The van der Waals surface area contributed by atoms with Crippen LogP contribution in [-0.2, 0) is 4.74 Å². The van der Waals surface area contributed by atoms with E-state index in [1.165, 1.54) is 6.20 Å². The number of hydrogen-bond acceptors (Lipinski definition) is 4. The van der Waals surface area contributed by atoms with Crippen LogP contribution in [0.3, 0.4) is 0 Å². The first kappa shape index (κ1) is 11.0. The van der Waals surface area contributed by atoms with Crippen LogP contribution in [0.4, 0.5) is 5.69 Å². The molecule has 1 unspecified atom stereocenters. The zero-order valence-electron chi connectivity index (χ0n) is 9.80. The van der Waals surface area contributed by atoms with Crippen molar-refractivity contribution in [2.24, 2.45) is 5.73 Å². The summed E-state index contributed by atoms with van der Waals surface area (Å²) in [6.45, 7) is 1.62. The summed E-state index contributed by atoms with van der Waals surface area (Å²) in [7, 11) is 0. The van der Waals surface area contributed by atoms with Crippen LogP contribution in [0.25, 0.3) is 5.52 Å². The molecule has 2 aromatic rings. The van der Waals surface area contributed by atoms with E-state index in [0.29, 0.717) is 17.2 Å². The van der Waals surface area contributed by atoms with Crippen LogP contribution in [-0.4, -0.2) is 34.8 Å². The van der Waals surface area contributed by atoms with Crippen LogP contribution in [0.2, 0.25) is 0 Å². The van der Waals surface area contributed by atoms with Crippen molar-refractivity contribution in [1.29, 1.82) is 0 Å². The third-order valence-electron chi connectivity index (χ3n) is 3.11. The van der Waals surface area contributed by atoms with Crippen LogP contribution in [0.1, 0.15) is 16.8 Å². The molecule has 18 heavy (non-hydrogen) atoms. The smallest absolute Gasteiger partial charge is 0.252 e. The van der Waals surface area contributed by atoms with Gasteiger partial charge in [0, 0.05) is 25.0 Å². The van der Waals surface area contributed by atoms with Crippen molar-refractivity contribution in [2.75, 3.05) is 18.5 Å². The summed E-state index contributed by atoms with van der Waals surface area (Å²) in [6, 6.07) is 3.77. The van der Waals surface area contributed by atoms with E-state index in [9.17, 15) is 4.79 Å². The lowest BCUT2D eigenvalue weighted by atomic mass is 10.2. The van der Waals surface area contributed by atoms with Gasteiger partial charge >= 0.3 is 0 Å². The molecule has 1 atom stereocenters. The maximum Gasteiger partial charge on any atom is 0.252 e. The first-order valence-electron chi connectivity index (χ1n) is 5.87. The fourth-order valence-corrected chi connectivity index (χ4v) is 1.96. The molecule has 0 bridgehead atoms. The average molecular weight is 246 g/mol. The van der Waals surface area contributed by atoms with Gasteiger partial charge in [0.15, 0.2) is 0 Å². The summed E-state index contributed by atoms with van der Waals surface area (Å²) in [4.78, 5) is 11.2. The second-order valence-electron chi connectivity index (χ2n) is 4.33. The van der Waals surface area contributed by atoms with Gasteiger partial charge in [-0.25, -0.2) is 4.52 Å². The van der Waals surface area contributed by atoms with Gasteiger partial charge in [0.1, 0.15) is 0 Å². The molecule has 3 rings (SSSR count). The van der Waals surface area contributed by atoms with E-state index in [2.05, 4.69) is 10.4 Å². The molecule has 3 heterocycles. The van der Waals surface area contributed by atoms with Gasteiger partial charge in [0.2, 0.25) is 0 Å². The van der Waals surface area contributed by atoms with Gasteiger partial charge < -0.3 is 15.8 Å². The first-order chi connectivity index (χ1) is 8.74. The average Bonchev–Trinajstić information content (AvgIpc) is 2.69. The lowest BCUT2D eigenvalue weighted by Gasteiger charge is -2.26. The molecule has 0 spiro atoms. The summed E-state index contributed by atoms with van der Waals surface area (Å²) in [5.74, 6) is -0.468. The largest absolute Gasteiger partial charge is 0.382 e. The normalized spacial score (nSPS) is 18.6. The van der Waals surface area contributed by atoms with Crippen molar-refractivity contribution < 1.29 is 9.53 Å². The maximum atomic E-state index is 11.2. The highest BCUT2D eigenvalue weighted by Crippen LogP contribution is 2.17. The molecule has 1 fully saturated rings. The molecule has 6 heteroatoms. The van der Waals surface area contributed by atoms with Crippen LogP contribution in [0.5, 0.6) is 0 Å². The first-order valence-corrected chi connectivity index (χ1v) is 5.87. The topological polar surface area (TPSA) is 81.7 Å². The number of carbonyl (C=O) groups excluding carboxylic acids is 1. The summed E-state index contributed by atoms with van der Waals surface area (Å²) < 4.78 is 6.96. The Kier molecular flexibility index (Phi) is 2.64. The monoisotopic (exact) mass is 246 g/mol. The molecule has 0 saturated carbocycles. The number of nitrogens with zero attached hydrogens (tertiary/aromatic N) is 2. The van der Waals surface area contributed by atoms with Crippen LogP contribution < -0.4 is 11.1 Å². The Hall–Kier alpha value is -2.08. The third kappa shape index (κ3) is 1.91. The Bertz CT molecular complexity index is 589. The van der Waals surface area contributed by atoms with Crippen molar-refractivity contribution in [3.8, 4) is 0 Å². The van der Waals surface area contributed by atoms with Gasteiger partial charge in [0.25, 0.3) is 5.91 Å². The lowest BCUT2D eigenvalue weighted by molar-refractivity contribution is -0.0410. The Labute approximate surface area is 104 Å². The molecule has 0 aliphatic carbocycles. The number of nitrogens with two attached hydrogens (primary N) is 1. The van der Waals surface area contributed by atoms with Crippen molar-refractivity contribution in [3.63, 3.8) is 0 Å². The van der Waals surface area contributed by atoms with Crippen LogP contribution in [0, 0.1) is 0 Å². The number of aromatic nitrogens is 2. The number of pyridine rings is 1. The zero-order chi connectivity index (χ0) is 12.5. The van der Waals surface area contributed by atoms with E-state index in [1.807, 2.05) is 12.1 Å². The number of rotatable bonds is 4. The molecule has 1 saturated heterocycles. The molecule has 1 aliphatic rings. The molecule has 6 nitrogen and oxygen atoms in total. The summed E-state index contributed by atoms with van der Waals surface area (Å²) in [6.07, 6.45) is 4.66. The van der Waals surface area contributed by atoms with Gasteiger partial charge in [-0.2, -0.15) is 5.10 Å². The van der Waals surface area contributed by atoms with E-state index in [-0.39, 0.29) is 0 Å². The van der Waals surface area contributed by atoms with Gasteiger partial charge in [0.05, 0.1) is 23.4 Å². The number of carbonyl (C=O) groups is 1. The highest BCUT2D eigenvalue weighted by molar-refractivity contribution is 5.99. The van der Waals surface area contributed by atoms with Crippen LogP contribution in [0.15, 0.2) is 24.5 Å². The molecule has 0 aromatic carbocycles. The Morgan fingerprint density at radius 2 is 2.50 bits per heavy atom. The predicted molar refractivity (Wildman–Crippen MR) is 66.6 cm³/mol. The van der Waals surface area contributed by atoms with Gasteiger partial charge in [-0.05, 0) is 18.6 Å². The Morgan fingerprint density at radius 3 is 3.17 bits per heavy atom. The van der Waals surface area contributed by atoms with Gasteiger partial charge in [-0.3, -0.25) is 4.79 Å². The number of hydrogen-bond donors (Lipinski definition) is 2. The van der Waals surface area contributed by atoms with Crippen molar-refractivity contribution in [3.05, 3.63) is 30.1 Å². The highest BCUT2D eigenvalue weighted by Gasteiger charge is 2.17. The number of ether oxygens (including phenoxy) is 1. The Balaban J connectivity index is 1.84. The number of anilines is 1. The number of fused-ring (bicyclic) bond motifs is 1. The summed E-state index contributed by atoms with van der Waals surface area (Å²) in [5.41, 5.74) is 7.37. The van der Waals surface area contributed by atoms with Gasteiger partial charge in [-0.1, -0.05) is 0 Å². The second-order valence-corrected chi connectivity index (χ2v) is 4.33. The second kappa shape index (κ2) is 4.30. The lowest BCUT2D eigenvalue weighted by Crippen LogP contribution is -2.33. The number of nitrogens with one attached hydrogen (secondary N) is 1. The van der Waals surface area contributed by atoms with E-state index in [1.54, 1.807) is 10.7 Å². The highest BCUT2D eigenvalue weighted by atomic mass is 16.5. The minimum absolute atomic E-state index is 0.293. The van der Waals surface area contributed by atoms with E-state index in [0.717, 1.165) is 25.3 Å². The van der Waals surface area contributed by atoms with E-state index in [4.69, 9.17) is 10.5 Å². The molecule has 1 amide bonds. The minimum atomic E-state index is -0.468. The maximum absolute atomic E-state index is 11.2. The van der Waals surface area contributed by atoms with E-state index < -0.39 is 5.91 Å². The van der Waals surface area contributed by atoms with Crippen molar-refractivity contribution >= 4 is 17.1 Å². The van der Waals surface area contributed by atoms with Gasteiger partial charge in [-0.15, -0.1) is 0 Å². The quantitative estimate of drug-likeness (QED) is 0.829. The molecule has 2 aromatic heterocycles. The Morgan fingerprint density at radius 1 is 1.67 bits per heavy atom. The number of primary amides is 1.